The molecular formula is C15H28BrN3. The van der Waals surface area contributed by atoms with Gasteiger partial charge in [0.15, 0.2) is 0 Å². The average Bonchev–Trinajstić information content (AvgIpc) is 2.72. The van der Waals surface area contributed by atoms with Crippen LogP contribution in [0.5, 0.6) is 0 Å². The molecule has 0 aliphatic heterocycles. The lowest BCUT2D eigenvalue weighted by Gasteiger charge is -2.19. The molecule has 0 radical (unpaired) electrons. The fourth-order valence-corrected chi connectivity index (χ4v) is 3.15. The molecule has 0 bridgehead atoms. The Balaban J connectivity index is 2.41. The van der Waals surface area contributed by atoms with Gasteiger partial charge in [0.1, 0.15) is 0 Å². The van der Waals surface area contributed by atoms with E-state index in [0.29, 0.717) is 6.04 Å². The van der Waals surface area contributed by atoms with Crippen LogP contribution in [0.1, 0.15) is 70.5 Å². The van der Waals surface area contributed by atoms with Gasteiger partial charge in [-0.2, -0.15) is 5.10 Å². The van der Waals surface area contributed by atoms with Gasteiger partial charge in [0.05, 0.1) is 22.4 Å². The summed E-state index contributed by atoms with van der Waals surface area (Å²) < 4.78 is 3.10. The molecule has 19 heavy (non-hydrogen) atoms. The Morgan fingerprint density at radius 1 is 1.21 bits per heavy atom. The van der Waals surface area contributed by atoms with Gasteiger partial charge in [0.2, 0.25) is 0 Å². The van der Waals surface area contributed by atoms with Crippen molar-refractivity contribution < 1.29 is 0 Å². The molecule has 0 spiro atoms. The Morgan fingerprint density at radius 3 is 2.47 bits per heavy atom. The fraction of sp³-hybridized carbons (Fsp3) is 0.800. The Kier molecular flexibility index (Phi) is 8.38. The molecule has 1 rings (SSSR count). The number of nitrogens with one attached hydrogen (secondary N) is 1. The quantitative estimate of drug-likeness (QED) is 0.636. The zero-order chi connectivity index (χ0) is 14.1. The van der Waals surface area contributed by atoms with E-state index >= 15 is 0 Å². The van der Waals surface area contributed by atoms with Gasteiger partial charge in [-0.25, -0.2) is 0 Å². The lowest BCUT2D eigenvalue weighted by molar-refractivity contribution is 0.451. The third kappa shape index (κ3) is 5.65. The van der Waals surface area contributed by atoms with E-state index in [0.717, 1.165) is 11.0 Å². The Labute approximate surface area is 126 Å². The molecule has 0 aromatic carbocycles. The summed E-state index contributed by atoms with van der Waals surface area (Å²) in [6.45, 7) is 5.43. The minimum atomic E-state index is 0.415. The molecule has 110 valence electrons. The second-order valence-corrected chi connectivity index (χ2v) is 6.02. The number of aromatic nitrogens is 2. The first-order chi connectivity index (χ1) is 9.20. The van der Waals surface area contributed by atoms with Crippen LogP contribution in [0, 0.1) is 0 Å². The van der Waals surface area contributed by atoms with Crippen molar-refractivity contribution in [3.05, 3.63) is 16.4 Å². The number of halogens is 1. The van der Waals surface area contributed by atoms with E-state index in [1.54, 1.807) is 0 Å². The summed E-state index contributed by atoms with van der Waals surface area (Å²) in [6, 6.07) is 0.415. The van der Waals surface area contributed by atoms with Crippen LogP contribution < -0.4 is 5.32 Å². The zero-order valence-corrected chi connectivity index (χ0v) is 14.2. The summed E-state index contributed by atoms with van der Waals surface area (Å²) in [7, 11) is 2.02. The van der Waals surface area contributed by atoms with Crippen molar-refractivity contribution in [3.8, 4) is 0 Å². The molecule has 0 aliphatic rings. The largest absolute Gasteiger partial charge is 0.309 e. The van der Waals surface area contributed by atoms with E-state index in [2.05, 4.69) is 40.2 Å². The van der Waals surface area contributed by atoms with Gasteiger partial charge in [0.25, 0.3) is 0 Å². The monoisotopic (exact) mass is 329 g/mol. The molecule has 4 heteroatoms. The smallest absolute Gasteiger partial charge is 0.0692 e. The van der Waals surface area contributed by atoms with E-state index in [9.17, 15) is 0 Å². The minimum Gasteiger partial charge on any atom is -0.309 e. The minimum absolute atomic E-state index is 0.415. The maximum absolute atomic E-state index is 4.32. The molecule has 3 nitrogen and oxygen atoms in total. The van der Waals surface area contributed by atoms with Crippen LogP contribution in [0.25, 0.3) is 0 Å². The Morgan fingerprint density at radius 2 is 1.89 bits per heavy atom. The molecule has 0 fully saturated rings. The second-order valence-electron chi connectivity index (χ2n) is 5.17. The predicted molar refractivity (Wildman–Crippen MR) is 85.3 cm³/mol. The number of unbranched alkanes of at least 4 members (excludes halogenated alkanes) is 5. The molecule has 1 N–H and O–H groups in total. The molecule has 1 unspecified atom stereocenters. The van der Waals surface area contributed by atoms with Crippen LogP contribution >= 0.6 is 15.9 Å². The molecular weight excluding hydrogens is 302 g/mol. The Bertz CT molecular complexity index is 330. The molecule has 1 atom stereocenters. The van der Waals surface area contributed by atoms with Crippen LogP contribution in [0.4, 0.5) is 0 Å². The normalized spacial score (nSPS) is 12.8. The zero-order valence-electron chi connectivity index (χ0n) is 12.6. The number of hydrogen-bond donors (Lipinski definition) is 1. The summed E-state index contributed by atoms with van der Waals surface area (Å²) in [4.78, 5) is 0. The van der Waals surface area contributed by atoms with Crippen molar-refractivity contribution >= 4 is 15.9 Å². The number of rotatable bonds is 10. The van der Waals surface area contributed by atoms with Gasteiger partial charge in [0, 0.05) is 7.05 Å². The molecule has 1 aromatic heterocycles. The molecule has 0 amide bonds. The third-order valence-corrected chi connectivity index (χ3v) is 4.18. The molecule has 1 aromatic rings. The van der Waals surface area contributed by atoms with Crippen LogP contribution in [0.2, 0.25) is 0 Å². The fourth-order valence-electron chi connectivity index (χ4n) is 2.52. The SMILES string of the molecule is CCCCCCCCC(NCC)c1c(Br)cnn1C. The molecule has 1 heterocycles. The van der Waals surface area contributed by atoms with Gasteiger partial charge in [-0.15, -0.1) is 0 Å². The summed E-state index contributed by atoms with van der Waals surface area (Å²) in [5.41, 5.74) is 1.27. The molecule has 0 saturated heterocycles. The van der Waals surface area contributed by atoms with E-state index in [-0.39, 0.29) is 0 Å². The lowest BCUT2D eigenvalue weighted by atomic mass is 10.0. The molecule has 0 aliphatic carbocycles. The predicted octanol–water partition coefficient (Wildman–Crippen LogP) is 4.58. The van der Waals surface area contributed by atoms with Crippen molar-refractivity contribution in [2.75, 3.05) is 6.54 Å². The first kappa shape index (κ1) is 16.7. The highest BCUT2D eigenvalue weighted by molar-refractivity contribution is 9.10. The van der Waals surface area contributed by atoms with Gasteiger partial charge in [-0.1, -0.05) is 52.4 Å². The average molecular weight is 330 g/mol. The number of hydrogen-bond acceptors (Lipinski definition) is 2. The van der Waals surface area contributed by atoms with Crippen molar-refractivity contribution in [1.82, 2.24) is 15.1 Å². The maximum atomic E-state index is 4.32. The summed E-state index contributed by atoms with van der Waals surface area (Å²) in [6.07, 6.45) is 11.2. The lowest BCUT2D eigenvalue weighted by Crippen LogP contribution is -2.23. The van der Waals surface area contributed by atoms with E-state index in [1.165, 1.54) is 50.6 Å². The Hall–Kier alpha value is -0.350. The van der Waals surface area contributed by atoms with Crippen LogP contribution in [0.3, 0.4) is 0 Å². The van der Waals surface area contributed by atoms with Crippen LogP contribution in [0.15, 0.2) is 10.7 Å². The van der Waals surface area contributed by atoms with Crippen molar-refractivity contribution in [3.63, 3.8) is 0 Å². The van der Waals surface area contributed by atoms with E-state index in [4.69, 9.17) is 0 Å². The van der Waals surface area contributed by atoms with Gasteiger partial charge >= 0.3 is 0 Å². The maximum Gasteiger partial charge on any atom is 0.0692 e. The van der Waals surface area contributed by atoms with Gasteiger partial charge in [-0.3, -0.25) is 4.68 Å². The number of nitrogens with zero attached hydrogens (tertiary/aromatic N) is 2. The van der Waals surface area contributed by atoms with Crippen molar-refractivity contribution in [2.45, 2.75) is 64.8 Å². The standard InChI is InChI=1S/C15H28BrN3/c1-4-6-7-8-9-10-11-14(17-5-2)15-13(16)12-18-19(15)3/h12,14,17H,4-11H2,1-3H3. The van der Waals surface area contributed by atoms with Crippen molar-refractivity contribution in [1.29, 1.82) is 0 Å². The molecule has 0 saturated carbocycles. The highest BCUT2D eigenvalue weighted by Crippen LogP contribution is 2.26. The topological polar surface area (TPSA) is 29.9 Å². The van der Waals surface area contributed by atoms with Crippen LogP contribution in [-0.4, -0.2) is 16.3 Å². The van der Waals surface area contributed by atoms with Gasteiger partial charge in [-0.05, 0) is 28.9 Å². The van der Waals surface area contributed by atoms with Crippen molar-refractivity contribution in [2.24, 2.45) is 7.05 Å². The van der Waals surface area contributed by atoms with Crippen LogP contribution in [-0.2, 0) is 7.05 Å². The highest BCUT2D eigenvalue weighted by atomic mass is 79.9. The first-order valence-corrected chi connectivity index (χ1v) is 8.40. The summed E-state index contributed by atoms with van der Waals surface area (Å²) >= 11 is 3.61. The highest BCUT2D eigenvalue weighted by Gasteiger charge is 2.17. The summed E-state index contributed by atoms with van der Waals surface area (Å²) in [5.74, 6) is 0. The second kappa shape index (κ2) is 9.54. The number of aryl methyl sites for hydroxylation is 1. The van der Waals surface area contributed by atoms with E-state index in [1.807, 2.05) is 17.9 Å². The summed E-state index contributed by atoms with van der Waals surface area (Å²) in [5, 5.41) is 7.90. The van der Waals surface area contributed by atoms with Gasteiger partial charge < -0.3 is 5.32 Å². The third-order valence-electron chi connectivity index (χ3n) is 3.56. The first-order valence-electron chi connectivity index (χ1n) is 7.61. The van der Waals surface area contributed by atoms with E-state index < -0.39 is 0 Å².